The number of hydrogen-bond donors (Lipinski definition) is 1. The number of nitrogens with two attached hydrogens (primary N) is 1. The number of unbranched alkanes of at least 4 members (excludes halogenated alkanes) is 2. The van der Waals surface area contributed by atoms with Gasteiger partial charge in [0.1, 0.15) is 0 Å². The molecule has 0 atom stereocenters. The highest BCUT2D eigenvalue weighted by molar-refractivity contribution is 5.18. The minimum absolute atomic E-state index is 0.729. The van der Waals surface area contributed by atoms with Crippen LogP contribution in [-0.2, 0) is 12.8 Å². The number of nitrogens with zero attached hydrogens (tertiary/aromatic N) is 2. The minimum atomic E-state index is 0.729. The van der Waals surface area contributed by atoms with Crippen LogP contribution in [0.4, 0.5) is 0 Å². The molecule has 0 aliphatic rings. The van der Waals surface area contributed by atoms with Crippen LogP contribution in [0.1, 0.15) is 36.5 Å². The number of aromatic nitrogens is 2. The predicted molar refractivity (Wildman–Crippen MR) is 70.2 cm³/mol. The Bertz CT molecular complexity index is 453. The first-order valence-electron chi connectivity index (χ1n) is 6.44. The molecule has 0 bridgehead atoms. The lowest BCUT2D eigenvalue weighted by Gasteiger charge is -1.95. The molecule has 0 spiro atoms. The zero-order valence-corrected chi connectivity index (χ0v) is 10.5. The molecule has 96 valence electrons. The molecule has 4 heteroatoms. The van der Waals surface area contributed by atoms with Crippen molar-refractivity contribution in [1.82, 2.24) is 10.1 Å². The summed E-state index contributed by atoms with van der Waals surface area (Å²) in [6, 6.07) is 10.2. The second-order valence-electron chi connectivity index (χ2n) is 4.37. The van der Waals surface area contributed by atoms with Crippen LogP contribution in [0.15, 0.2) is 34.9 Å². The zero-order chi connectivity index (χ0) is 12.6. The summed E-state index contributed by atoms with van der Waals surface area (Å²) < 4.78 is 5.22. The van der Waals surface area contributed by atoms with E-state index >= 15 is 0 Å². The lowest BCUT2D eigenvalue weighted by Crippen LogP contribution is -1.98. The van der Waals surface area contributed by atoms with Crippen molar-refractivity contribution in [3.63, 3.8) is 0 Å². The summed E-state index contributed by atoms with van der Waals surface area (Å²) in [6.45, 7) is 0.753. The monoisotopic (exact) mass is 245 g/mol. The fourth-order valence-corrected chi connectivity index (χ4v) is 1.84. The van der Waals surface area contributed by atoms with Crippen molar-refractivity contribution in [2.75, 3.05) is 6.54 Å². The summed E-state index contributed by atoms with van der Waals surface area (Å²) in [5.41, 5.74) is 6.65. The molecule has 1 aromatic carbocycles. The summed E-state index contributed by atoms with van der Waals surface area (Å²) in [7, 11) is 0. The van der Waals surface area contributed by atoms with E-state index in [9.17, 15) is 0 Å². The first-order chi connectivity index (χ1) is 8.88. The van der Waals surface area contributed by atoms with Gasteiger partial charge in [0.05, 0.1) is 0 Å². The van der Waals surface area contributed by atoms with Crippen molar-refractivity contribution in [2.45, 2.75) is 32.1 Å². The van der Waals surface area contributed by atoms with Gasteiger partial charge in [0, 0.05) is 12.8 Å². The van der Waals surface area contributed by atoms with Gasteiger partial charge in [0.25, 0.3) is 0 Å². The summed E-state index contributed by atoms with van der Waals surface area (Å²) in [4.78, 5) is 4.39. The van der Waals surface area contributed by atoms with Gasteiger partial charge in [0.15, 0.2) is 5.82 Å². The average Bonchev–Trinajstić information content (AvgIpc) is 2.84. The maximum atomic E-state index is 5.45. The SMILES string of the molecule is NCCCCCc1nc(Cc2ccccc2)no1. The van der Waals surface area contributed by atoms with Gasteiger partial charge in [-0.25, -0.2) is 0 Å². The van der Waals surface area contributed by atoms with E-state index in [1.54, 1.807) is 0 Å². The van der Waals surface area contributed by atoms with Gasteiger partial charge in [-0.15, -0.1) is 0 Å². The van der Waals surface area contributed by atoms with Crippen LogP contribution >= 0.6 is 0 Å². The van der Waals surface area contributed by atoms with Crippen LogP contribution in [0.3, 0.4) is 0 Å². The summed E-state index contributed by atoms with van der Waals surface area (Å²) in [5.74, 6) is 1.49. The van der Waals surface area contributed by atoms with Crippen molar-refractivity contribution >= 4 is 0 Å². The lowest BCUT2D eigenvalue weighted by molar-refractivity contribution is 0.369. The van der Waals surface area contributed by atoms with Crippen molar-refractivity contribution in [2.24, 2.45) is 5.73 Å². The van der Waals surface area contributed by atoms with E-state index in [0.29, 0.717) is 0 Å². The molecule has 0 aliphatic carbocycles. The molecule has 0 unspecified atom stereocenters. The van der Waals surface area contributed by atoms with E-state index in [1.165, 1.54) is 5.56 Å². The second-order valence-corrected chi connectivity index (χ2v) is 4.37. The molecule has 0 aliphatic heterocycles. The molecule has 0 amide bonds. The van der Waals surface area contributed by atoms with Crippen LogP contribution in [-0.4, -0.2) is 16.7 Å². The second kappa shape index (κ2) is 6.91. The Hall–Kier alpha value is -1.68. The van der Waals surface area contributed by atoms with Crippen molar-refractivity contribution in [3.8, 4) is 0 Å². The first-order valence-corrected chi connectivity index (χ1v) is 6.44. The lowest BCUT2D eigenvalue weighted by atomic mass is 10.1. The number of rotatable bonds is 7. The molecule has 0 radical (unpaired) electrons. The quantitative estimate of drug-likeness (QED) is 0.760. The van der Waals surface area contributed by atoms with Gasteiger partial charge in [-0.05, 0) is 24.9 Å². The van der Waals surface area contributed by atoms with Gasteiger partial charge >= 0.3 is 0 Å². The third-order valence-electron chi connectivity index (χ3n) is 2.81. The Labute approximate surface area is 107 Å². The normalized spacial score (nSPS) is 10.7. The van der Waals surface area contributed by atoms with Crippen molar-refractivity contribution in [1.29, 1.82) is 0 Å². The number of aryl methyl sites for hydroxylation is 1. The fraction of sp³-hybridized carbons (Fsp3) is 0.429. The highest BCUT2D eigenvalue weighted by atomic mass is 16.5. The maximum absolute atomic E-state index is 5.45. The van der Waals surface area contributed by atoms with E-state index in [2.05, 4.69) is 22.3 Å². The molecule has 2 rings (SSSR count). The Balaban J connectivity index is 1.83. The van der Waals surface area contributed by atoms with Crippen LogP contribution in [0, 0.1) is 0 Å². The Morgan fingerprint density at radius 2 is 1.89 bits per heavy atom. The van der Waals surface area contributed by atoms with E-state index in [0.717, 1.165) is 50.4 Å². The third kappa shape index (κ3) is 3.96. The van der Waals surface area contributed by atoms with E-state index in [-0.39, 0.29) is 0 Å². The molecule has 2 aromatic rings. The molecule has 18 heavy (non-hydrogen) atoms. The number of benzene rings is 1. The summed E-state index contributed by atoms with van der Waals surface area (Å²) in [5, 5.41) is 4.00. The molecule has 0 saturated heterocycles. The topological polar surface area (TPSA) is 64.9 Å². The van der Waals surface area contributed by atoms with Crippen LogP contribution in [0.25, 0.3) is 0 Å². The highest BCUT2D eigenvalue weighted by Crippen LogP contribution is 2.08. The summed E-state index contributed by atoms with van der Waals surface area (Å²) in [6.07, 6.45) is 4.82. The van der Waals surface area contributed by atoms with Crippen LogP contribution < -0.4 is 5.73 Å². The van der Waals surface area contributed by atoms with E-state index < -0.39 is 0 Å². The molecule has 4 nitrogen and oxygen atoms in total. The average molecular weight is 245 g/mol. The van der Waals surface area contributed by atoms with Crippen molar-refractivity contribution < 1.29 is 4.52 Å². The van der Waals surface area contributed by atoms with Gasteiger partial charge in [-0.1, -0.05) is 41.9 Å². The molecule has 0 saturated carbocycles. The van der Waals surface area contributed by atoms with Crippen LogP contribution in [0.5, 0.6) is 0 Å². The molecule has 0 fully saturated rings. The Morgan fingerprint density at radius 1 is 1.06 bits per heavy atom. The molecular weight excluding hydrogens is 226 g/mol. The molecule has 2 N–H and O–H groups in total. The van der Waals surface area contributed by atoms with E-state index in [4.69, 9.17) is 10.3 Å². The number of hydrogen-bond acceptors (Lipinski definition) is 4. The minimum Gasteiger partial charge on any atom is -0.339 e. The van der Waals surface area contributed by atoms with Crippen LogP contribution in [0.2, 0.25) is 0 Å². The molecule has 1 heterocycles. The molecule has 1 aromatic heterocycles. The van der Waals surface area contributed by atoms with Gasteiger partial charge in [-0.2, -0.15) is 4.98 Å². The molecular formula is C14H19N3O. The Morgan fingerprint density at radius 3 is 2.67 bits per heavy atom. The van der Waals surface area contributed by atoms with Gasteiger partial charge in [-0.3, -0.25) is 0 Å². The zero-order valence-electron chi connectivity index (χ0n) is 10.5. The highest BCUT2D eigenvalue weighted by Gasteiger charge is 2.06. The summed E-state index contributed by atoms with van der Waals surface area (Å²) >= 11 is 0. The smallest absolute Gasteiger partial charge is 0.226 e. The van der Waals surface area contributed by atoms with E-state index in [1.807, 2.05) is 18.2 Å². The fourth-order valence-electron chi connectivity index (χ4n) is 1.84. The predicted octanol–water partition coefficient (Wildman–Crippen LogP) is 2.33. The van der Waals surface area contributed by atoms with Crippen molar-refractivity contribution in [3.05, 3.63) is 47.6 Å². The largest absolute Gasteiger partial charge is 0.339 e. The first kappa shape index (κ1) is 12.8. The Kier molecular flexibility index (Phi) is 4.90. The van der Waals surface area contributed by atoms with Gasteiger partial charge in [0.2, 0.25) is 5.89 Å². The van der Waals surface area contributed by atoms with Gasteiger partial charge < -0.3 is 10.3 Å². The standard InChI is InChI=1S/C14H19N3O/c15-10-6-2-5-9-14-16-13(17-18-14)11-12-7-3-1-4-8-12/h1,3-4,7-8H,2,5-6,9-11,15H2. The maximum Gasteiger partial charge on any atom is 0.226 e. The third-order valence-corrected chi connectivity index (χ3v) is 2.81.